The summed E-state index contributed by atoms with van der Waals surface area (Å²) in [5.41, 5.74) is 0. The number of hydrogen-bond acceptors (Lipinski definition) is 30. The monoisotopic (exact) mass is 1060 g/mol. The third-order valence-electron chi connectivity index (χ3n) is 7.70. The summed E-state index contributed by atoms with van der Waals surface area (Å²) in [4.78, 5) is 111. The quantitative estimate of drug-likeness (QED) is 0.0390. The number of rotatable bonds is 33. The van der Waals surface area contributed by atoms with E-state index in [1.165, 1.54) is 20.8 Å². The Bertz CT molecular complexity index is 1820. The van der Waals surface area contributed by atoms with E-state index in [4.69, 9.17) is 83.3 Å². The molecule has 0 saturated heterocycles. The molecule has 0 bridgehead atoms. The number of carbonyl (C=O) groups is 9. The first-order valence-electron chi connectivity index (χ1n) is 20.4. The second kappa shape index (κ2) is 31.7. The first kappa shape index (κ1) is 62.6. The van der Waals surface area contributed by atoms with E-state index in [0.29, 0.717) is 0 Å². The summed E-state index contributed by atoms with van der Waals surface area (Å²) < 4.78 is 138. The summed E-state index contributed by atoms with van der Waals surface area (Å²) in [6, 6.07) is 0. The highest BCUT2D eigenvalue weighted by atomic mass is 31.2. The molecule has 1 saturated carbocycles. The maximum atomic E-state index is 14.7. The molecule has 33 heteroatoms. The van der Waals surface area contributed by atoms with Gasteiger partial charge < -0.3 is 42.6 Å². The fraction of sp³-hybridized carbons (Fsp3) is 0.750. The van der Waals surface area contributed by atoms with Crippen LogP contribution in [0.5, 0.6) is 0 Å². The molecule has 0 radical (unpaired) electrons. The molecule has 0 heterocycles. The Balaban J connectivity index is 4.68. The fourth-order valence-electron chi connectivity index (χ4n) is 4.91. The molecule has 1 aliphatic carbocycles. The predicted octanol–water partition coefficient (Wildman–Crippen LogP) is 3.84. The third-order valence-corrected chi connectivity index (χ3v) is 11.7. The molecule has 30 nitrogen and oxygen atoms in total. The molecule has 0 spiro atoms. The average molecular weight is 1060 g/mol. The number of phosphoric ester groups is 3. The second-order valence-corrected chi connectivity index (χ2v) is 18.3. The van der Waals surface area contributed by atoms with Crippen molar-refractivity contribution in [1.82, 2.24) is 0 Å². The molecular formula is C36H57O30P3. The van der Waals surface area contributed by atoms with Gasteiger partial charge >= 0.3 is 77.2 Å². The summed E-state index contributed by atoms with van der Waals surface area (Å²) in [5.74, 6) is -9.72. The number of phosphoric acid groups is 3. The van der Waals surface area contributed by atoms with E-state index >= 15 is 0 Å². The molecule has 0 aromatic rings. The zero-order valence-electron chi connectivity index (χ0n) is 39.0. The Morgan fingerprint density at radius 1 is 0.319 bits per heavy atom. The van der Waals surface area contributed by atoms with Crippen LogP contribution < -0.4 is 0 Å². The minimum atomic E-state index is -5.62. The largest absolute Gasteiger partial charge is 0.481 e. The lowest BCUT2D eigenvalue weighted by atomic mass is 9.84. The first-order valence-corrected chi connectivity index (χ1v) is 24.8. The smallest absolute Gasteiger partial charge is 0.456 e. The highest BCUT2D eigenvalue weighted by molar-refractivity contribution is 7.49. The molecule has 1 rings (SSSR count). The van der Waals surface area contributed by atoms with E-state index in [0.717, 1.165) is 41.5 Å². The van der Waals surface area contributed by atoms with E-state index in [2.05, 4.69) is 0 Å². The molecule has 0 amide bonds. The molecule has 1 fully saturated rings. The van der Waals surface area contributed by atoms with E-state index in [-0.39, 0.29) is 19.3 Å². The Hall–Kier alpha value is -4.44. The lowest BCUT2D eigenvalue weighted by molar-refractivity contribution is -0.244. The SMILES string of the molecule is CCCC(=O)O[C@@H]1[C@H](OP(=O)(OCOC(C)=O)OCOC(C)=O)[C@@H](OC(=O)CCC)[C@H](OC(=O)CCC)[C@@H](OP(=O)(OCOC(C)=O)OCOC(C)=O)[C@@H]1OP(=O)(OCOC(C)=O)OCOC(C)=O. The van der Waals surface area contributed by atoms with Crippen LogP contribution in [0.1, 0.15) is 101 Å². The van der Waals surface area contributed by atoms with E-state index < -0.39 is 174 Å². The Kier molecular flexibility index (Phi) is 28.8. The second-order valence-electron chi connectivity index (χ2n) is 13.5. The summed E-state index contributed by atoms with van der Waals surface area (Å²) in [5, 5.41) is 0. The molecule has 1 aliphatic rings. The van der Waals surface area contributed by atoms with Crippen molar-refractivity contribution in [2.24, 2.45) is 0 Å². The van der Waals surface area contributed by atoms with Crippen molar-refractivity contribution in [2.75, 3.05) is 40.8 Å². The van der Waals surface area contributed by atoms with Gasteiger partial charge in [-0.2, -0.15) is 0 Å². The van der Waals surface area contributed by atoms with Gasteiger partial charge in [-0.05, 0) is 19.3 Å². The van der Waals surface area contributed by atoms with Gasteiger partial charge in [-0.25, -0.2) is 40.8 Å². The molecular weight excluding hydrogens is 1010 g/mol. The van der Waals surface area contributed by atoms with Crippen molar-refractivity contribution in [3.63, 3.8) is 0 Å². The Morgan fingerprint density at radius 3 is 0.667 bits per heavy atom. The fourth-order valence-corrected chi connectivity index (χ4v) is 8.21. The van der Waals surface area contributed by atoms with Crippen LogP contribution in [0.4, 0.5) is 0 Å². The van der Waals surface area contributed by atoms with Crippen LogP contribution >= 0.6 is 23.5 Å². The molecule has 0 aromatic heterocycles. The number of hydrogen-bond donors (Lipinski definition) is 0. The summed E-state index contributed by atoms with van der Waals surface area (Å²) in [7, 11) is -16.7. The van der Waals surface area contributed by atoms with Crippen molar-refractivity contribution < 1.29 is 140 Å². The zero-order chi connectivity index (χ0) is 52.4. The van der Waals surface area contributed by atoms with Gasteiger partial charge in [0, 0.05) is 60.8 Å². The molecule has 0 aliphatic heterocycles. The van der Waals surface area contributed by atoms with Crippen molar-refractivity contribution in [3.8, 4) is 0 Å². The van der Waals surface area contributed by atoms with Gasteiger partial charge in [0.25, 0.3) is 0 Å². The number of ether oxygens (including phenoxy) is 9. The van der Waals surface area contributed by atoms with Crippen LogP contribution in [0.15, 0.2) is 0 Å². The van der Waals surface area contributed by atoms with Gasteiger partial charge in [-0.1, -0.05) is 20.8 Å². The number of carbonyl (C=O) groups excluding carboxylic acids is 9. The number of esters is 9. The van der Waals surface area contributed by atoms with Crippen LogP contribution in [0.25, 0.3) is 0 Å². The topological polar surface area (TPSA) is 371 Å². The third kappa shape index (κ3) is 25.3. The van der Waals surface area contributed by atoms with Crippen LogP contribution in [0, 0.1) is 0 Å². The highest BCUT2D eigenvalue weighted by Gasteiger charge is 2.63. The minimum absolute atomic E-state index is 0.0306. The van der Waals surface area contributed by atoms with Gasteiger partial charge in [0.05, 0.1) is 0 Å². The molecule has 0 unspecified atom stereocenters. The van der Waals surface area contributed by atoms with Crippen LogP contribution in [0.3, 0.4) is 0 Å². The summed E-state index contributed by atoms with van der Waals surface area (Å²) in [6.45, 7) is 2.40. The molecule has 6 atom stereocenters. The zero-order valence-corrected chi connectivity index (χ0v) is 41.7. The summed E-state index contributed by atoms with van der Waals surface area (Å²) >= 11 is 0. The van der Waals surface area contributed by atoms with Crippen LogP contribution in [-0.2, 0) is 140 Å². The van der Waals surface area contributed by atoms with Crippen molar-refractivity contribution in [3.05, 3.63) is 0 Å². The predicted molar refractivity (Wildman–Crippen MR) is 218 cm³/mol. The van der Waals surface area contributed by atoms with Crippen molar-refractivity contribution in [2.45, 2.75) is 137 Å². The van der Waals surface area contributed by atoms with E-state index in [1.807, 2.05) is 0 Å². The Morgan fingerprint density at radius 2 is 0.493 bits per heavy atom. The maximum absolute atomic E-state index is 14.7. The van der Waals surface area contributed by atoms with Crippen molar-refractivity contribution in [1.29, 1.82) is 0 Å². The van der Waals surface area contributed by atoms with Gasteiger partial charge in [0.15, 0.2) is 18.3 Å². The standard InChI is InChI=1S/C36H57O30P3/c1-10-13-28(43)61-31-32(62-29(44)14-11-2)35(65-68(47,57-18-51-24(6)39)58-19-52-25(7)40)36(66-69(48,59-20-53-26(8)41)60-21-54-27(9)42)33(63-30(45)15-12-3)34(31)64-67(46,55-16-49-22(4)37)56-17-50-23(5)38/h31-36H,10-21H2,1-9H3/t31-,32-,33+,34+,35+,36+/m0/s1. The van der Waals surface area contributed by atoms with Gasteiger partial charge in [-0.3, -0.25) is 56.7 Å². The van der Waals surface area contributed by atoms with Crippen LogP contribution in [-0.4, -0.2) is 131 Å². The Labute approximate surface area is 395 Å². The first-order chi connectivity index (χ1) is 32.3. The minimum Gasteiger partial charge on any atom is -0.456 e. The lowest BCUT2D eigenvalue weighted by Gasteiger charge is -2.48. The van der Waals surface area contributed by atoms with Crippen molar-refractivity contribution >= 4 is 77.2 Å². The molecule has 0 aromatic carbocycles. The van der Waals surface area contributed by atoms with Gasteiger partial charge in [0.2, 0.25) is 40.8 Å². The summed E-state index contributed by atoms with van der Waals surface area (Å²) in [6.07, 6.45) is -16.4. The van der Waals surface area contributed by atoms with Crippen LogP contribution in [0.2, 0.25) is 0 Å². The lowest BCUT2D eigenvalue weighted by Crippen LogP contribution is -2.68. The maximum Gasteiger partial charge on any atom is 0.481 e. The normalized spacial score (nSPS) is 19.3. The molecule has 396 valence electrons. The average Bonchev–Trinajstić information content (AvgIpc) is 3.21. The highest BCUT2D eigenvalue weighted by Crippen LogP contribution is 2.59. The van der Waals surface area contributed by atoms with Gasteiger partial charge in [-0.15, -0.1) is 0 Å². The molecule has 0 N–H and O–H groups in total. The van der Waals surface area contributed by atoms with Gasteiger partial charge in [0.1, 0.15) is 18.3 Å². The molecule has 69 heavy (non-hydrogen) atoms. The van der Waals surface area contributed by atoms with E-state index in [9.17, 15) is 56.8 Å². The van der Waals surface area contributed by atoms with E-state index in [1.54, 1.807) is 0 Å².